The second-order valence-corrected chi connectivity index (χ2v) is 14.8. The molecule has 0 aromatic carbocycles. The van der Waals surface area contributed by atoms with Gasteiger partial charge < -0.3 is 9.84 Å². The molecule has 0 unspecified atom stereocenters. The Labute approximate surface area is 212 Å². The Morgan fingerprint density at radius 2 is 1.63 bits per heavy atom. The number of hydrogen-bond donors (Lipinski definition) is 1. The number of carbonyl (C=O) groups is 2. The van der Waals surface area contributed by atoms with Crippen LogP contribution in [-0.2, 0) is 14.3 Å². The Balaban J connectivity index is 1.64. The highest BCUT2D eigenvalue weighted by Crippen LogP contribution is 2.75. The monoisotopic (exact) mass is 482 g/mol. The fourth-order valence-corrected chi connectivity index (χ4v) is 10.3. The lowest BCUT2D eigenvalue weighted by atomic mass is 9.34. The molecule has 3 saturated carbocycles. The summed E-state index contributed by atoms with van der Waals surface area (Å²) >= 11 is 0. The van der Waals surface area contributed by atoms with Crippen LogP contribution in [0.4, 0.5) is 0 Å². The third kappa shape index (κ3) is 2.98. The smallest absolute Gasteiger partial charge is 0.312 e. The molecule has 0 aromatic rings. The van der Waals surface area contributed by atoms with E-state index in [4.69, 9.17) is 4.74 Å². The summed E-state index contributed by atoms with van der Waals surface area (Å²) < 4.78 is 5.46. The van der Waals surface area contributed by atoms with Gasteiger partial charge in [0.25, 0.3) is 0 Å². The Bertz CT molecular complexity index is 1030. The van der Waals surface area contributed by atoms with Crippen LogP contribution in [0.15, 0.2) is 23.5 Å². The number of ether oxygens (including phenoxy) is 1. The number of carbonyl (C=O) groups excluding carboxylic acids is 2. The number of methoxy groups -OCH3 is 1. The lowest BCUT2D eigenvalue weighted by Crippen LogP contribution is -2.64. The third-order valence-electron chi connectivity index (χ3n) is 12.5. The summed E-state index contributed by atoms with van der Waals surface area (Å²) in [6.07, 6.45) is 12.3. The maximum absolute atomic E-state index is 13.3. The van der Waals surface area contributed by atoms with E-state index in [1.54, 1.807) is 7.11 Å². The molecule has 0 amide bonds. The van der Waals surface area contributed by atoms with E-state index in [1.807, 2.05) is 19.9 Å². The van der Waals surface area contributed by atoms with Crippen molar-refractivity contribution < 1.29 is 19.4 Å². The average molecular weight is 483 g/mol. The predicted octanol–water partition coefficient (Wildman–Crippen LogP) is 7.19. The number of aliphatic hydroxyl groups is 1. The summed E-state index contributed by atoms with van der Waals surface area (Å²) in [5.41, 5.74) is 0.570. The van der Waals surface area contributed by atoms with Crippen molar-refractivity contribution in [2.75, 3.05) is 7.11 Å². The minimum absolute atomic E-state index is 0.00539. The molecular formula is C31H46O4. The highest BCUT2D eigenvalue weighted by Gasteiger charge is 2.69. The fourth-order valence-electron chi connectivity index (χ4n) is 10.3. The minimum atomic E-state index is -0.556. The van der Waals surface area contributed by atoms with E-state index in [1.165, 1.54) is 5.57 Å². The van der Waals surface area contributed by atoms with Crippen molar-refractivity contribution in [1.29, 1.82) is 0 Å². The number of esters is 1. The summed E-state index contributed by atoms with van der Waals surface area (Å²) in [6, 6.07) is 0. The van der Waals surface area contributed by atoms with E-state index in [0.717, 1.165) is 51.4 Å². The maximum atomic E-state index is 13.3. The van der Waals surface area contributed by atoms with Gasteiger partial charge in [0.2, 0.25) is 5.78 Å². The number of hydrogen-bond acceptors (Lipinski definition) is 4. The van der Waals surface area contributed by atoms with Crippen LogP contribution in [-0.4, -0.2) is 24.0 Å². The summed E-state index contributed by atoms with van der Waals surface area (Å²) in [4.78, 5) is 26.3. The van der Waals surface area contributed by atoms with E-state index in [2.05, 4.69) is 40.7 Å². The molecule has 4 nitrogen and oxygen atoms in total. The first kappa shape index (κ1) is 25.1. The predicted molar refractivity (Wildman–Crippen MR) is 138 cm³/mol. The molecule has 4 heteroatoms. The van der Waals surface area contributed by atoms with Crippen molar-refractivity contribution in [2.45, 2.75) is 99.8 Å². The van der Waals surface area contributed by atoms with Gasteiger partial charge in [-0.1, -0.05) is 60.1 Å². The molecule has 0 saturated heterocycles. The van der Waals surface area contributed by atoms with E-state index in [9.17, 15) is 14.7 Å². The molecule has 5 aliphatic carbocycles. The first-order chi connectivity index (χ1) is 16.1. The van der Waals surface area contributed by atoms with Crippen LogP contribution in [0.3, 0.4) is 0 Å². The number of ketones is 1. The fraction of sp³-hybridized carbons (Fsp3) is 0.806. The molecule has 3 fully saturated rings. The highest BCUT2D eigenvalue weighted by molar-refractivity contribution is 5.98. The van der Waals surface area contributed by atoms with Crippen LogP contribution in [0.25, 0.3) is 0 Å². The Kier molecular flexibility index (Phi) is 5.20. The normalized spacial score (nSPS) is 47.8. The largest absolute Gasteiger partial charge is 0.505 e. The maximum Gasteiger partial charge on any atom is 0.312 e. The first-order valence-corrected chi connectivity index (χ1v) is 13.8. The lowest BCUT2D eigenvalue weighted by molar-refractivity contribution is -0.178. The van der Waals surface area contributed by atoms with Gasteiger partial charge in [0.05, 0.1) is 12.5 Å². The van der Waals surface area contributed by atoms with Gasteiger partial charge in [0.15, 0.2) is 5.76 Å². The molecule has 5 rings (SSSR count). The van der Waals surface area contributed by atoms with E-state index in [0.29, 0.717) is 5.92 Å². The summed E-state index contributed by atoms with van der Waals surface area (Å²) in [6.45, 7) is 16.0. The molecule has 0 bridgehead atoms. The topological polar surface area (TPSA) is 63.6 Å². The summed E-state index contributed by atoms with van der Waals surface area (Å²) in [7, 11) is 1.56. The van der Waals surface area contributed by atoms with Gasteiger partial charge in [-0.25, -0.2) is 0 Å². The molecule has 0 radical (unpaired) electrons. The molecule has 0 spiro atoms. The van der Waals surface area contributed by atoms with Crippen molar-refractivity contribution >= 4 is 11.8 Å². The minimum Gasteiger partial charge on any atom is -0.505 e. The Morgan fingerprint density at radius 3 is 2.29 bits per heavy atom. The van der Waals surface area contributed by atoms with Gasteiger partial charge in [-0.2, -0.15) is 0 Å². The highest BCUT2D eigenvalue weighted by atomic mass is 16.5. The summed E-state index contributed by atoms with van der Waals surface area (Å²) in [5, 5.41) is 10.8. The second-order valence-electron chi connectivity index (χ2n) is 14.8. The van der Waals surface area contributed by atoms with Crippen molar-refractivity contribution in [2.24, 2.45) is 50.2 Å². The SMILES string of the molecule is COC(=O)[C@]12CCC(C)(C)C[C@H]1C1=CC[C@@H]3[C@@]4(C)C=C(O)C(=O)C(C)(C)[C@@H]4CC[C@@]3(C)[C@]1(C)CC2. The van der Waals surface area contributed by atoms with Crippen LogP contribution in [0.2, 0.25) is 0 Å². The first-order valence-electron chi connectivity index (χ1n) is 13.8. The van der Waals surface area contributed by atoms with Crippen LogP contribution in [0, 0.1) is 50.2 Å². The third-order valence-corrected chi connectivity index (χ3v) is 12.5. The molecule has 5 aliphatic rings. The van der Waals surface area contributed by atoms with Gasteiger partial charge in [-0.05, 0) is 96.9 Å². The molecule has 0 aliphatic heterocycles. The second kappa shape index (κ2) is 7.25. The van der Waals surface area contributed by atoms with Crippen LogP contribution >= 0.6 is 0 Å². The van der Waals surface area contributed by atoms with Crippen LogP contribution < -0.4 is 0 Å². The van der Waals surface area contributed by atoms with Gasteiger partial charge in [-0.3, -0.25) is 9.59 Å². The standard InChI is InChI=1S/C31H46O4/c1-26(2)13-15-31(25(34)35-8)16-14-29(6)19(20(31)17-26)9-10-23-28(5)18-21(32)24(33)27(3,4)22(28)11-12-30(23,29)7/h9,18,20,22-23,32H,10-17H2,1-8H3/t20-,22-,23+,28-,29+,30+,31-/m0/s1. The lowest BCUT2D eigenvalue weighted by Gasteiger charge is -2.69. The molecule has 7 atom stereocenters. The number of Topliss-reactive ketones (excluding diaryl/α,β-unsaturated/α-hetero) is 1. The number of aliphatic hydroxyl groups excluding tert-OH is 1. The average Bonchev–Trinajstić information content (AvgIpc) is 2.77. The van der Waals surface area contributed by atoms with Crippen LogP contribution in [0.5, 0.6) is 0 Å². The zero-order valence-corrected chi connectivity index (χ0v) is 23.2. The molecule has 194 valence electrons. The Morgan fingerprint density at radius 1 is 0.971 bits per heavy atom. The van der Waals surface area contributed by atoms with Gasteiger partial charge in [0, 0.05) is 5.41 Å². The zero-order chi connectivity index (χ0) is 25.8. The van der Waals surface area contributed by atoms with E-state index < -0.39 is 10.8 Å². The molecular weight excluding hydrogens is 436 g/mol. The molecule has 0 heterocycles. The van der Waals surface area contributed by atoms with Crippen LogP contribution in [0.1, 0.15) is 99.8 Å². The van der Waals surface area contributed by atoms with Gasteiger partial charge >= 0.3 is 5.97 Å². The number of rotatable bonds is 1. The van der Waals surface area contributed by atoms with E-state index >= 15 is 0 Å². The van der Waals surface area contributed by atoms with E-state index in [-0.39, 0.29) is 51.0 Å². The quantitative estimate of drug-likeness (QED) is 0.317. The molecule has 35 heavy (non-hydrogen) atoms. The molecule has 0 aromatic heterocycles. The van der Waals surface area contributed by atoms with Crippen molar-refractivity contribution in [3.8, 4) is 0 Å². The van der Waals surface area contributed by atoms with Crippen molar-refractivity contribution in [1.82, 2.24) is 0 Å². The number of allylic oxidation sites excluding steroid dienone is 4. The Hall–Kier alpha value is -1.58. The van der Waals surface area contributed by atoms with Crippen molar-refractivity contribution in [3.05, 3.63) is 23.5 Å². The zero-order valence-electron chi connectivity index (χ0n) is 23.2. The molecule has 1 N–H and O–H groups in total. The van der Waals surface area contributed by atoms with Crippen molar-refractivity contribution in [3.63, 3.8) is 0 Å². The number of fused-ring (bicyclic) bond motifs is 7. The van der Waals surface area contributed by atoms with Gasteiger partial charge in [-0.15, -0.1) is 0 Å². The summed E-state index contributed by atoms with van der Waals surface area (Å²) in [5.74, 6) is 0.645. The van der Waals surface area contributed by atoms with Gasteiger partial charge in [0.1, 0.15) is 0 Å².